The number of halogens is 2. The van der Waals surface area contributed by atoms with E-state index in [1.165, 1.54) is 24.5 Å². The molecule has 0 spiro atoms. The van der Waals surface area contributed by atoms with E-state index in [4.69, 9.17) is 4.74 Å². The van der Waals surface area contributed by atoms with Gasteiger partial charge in [0.1, 0.15) is 17.1 Å². The smallest absolute Gasteiger partial charge is 0.412 e. The second-order valence-electron chi connectivity index (χ2n) is 6.82. The van der Waals surface area contributed by atoms with E-state index in [2.05, 4.69) is 30.1 Å². The van der Waals surface area contributed by atoms with Crippen molar-refractivity contribution < 1.29 is 23.0 Å². The van der Waals surface area contributed by atoms with Crippen molar-refractivity contribution in [1.82, 2.24) is 30.0 Å². The van der Waals surface area contributed by atoms with Crippen LogP contribution in [-0.4, -0.2) is 43.5 Å². The second-order valence-corrected chi connectivity index (χ2v) is 6.82. The number of aromatic nitrogens is 5. The maximum absolute atomic E-state index is 12.6. The van der Waals surface area contributed by atoms with E-state index < -0.39 is 12.7 Å². The molecule has 156 valence electrons. The third kappa shape index (κ3) is 3.73. The molecule has 1 aromatic carbocycles. The van der Waals surface area contributed by atoms with Gasteiger partial charge in [0, 0.05) is 24.7 Å². The first-order chi connectivity index (χ1) is 14.3. The number of rotatable bonds is 5. The summed E-state index contributed by atoms with van der Waals surface area (Å²) < 4.78 is 36.6. The molecule has 0 aliphatic carbocycles. The number of aromatic amines is 1. The molecule has 0 aliphatic heterocycles. The topological polar surface area (TPSA) is 107 Å². The van der Waals surface area contributed by atoms with Gasteiger partial charge in [-0.1, -0.05) is 0 Å². The van der Waals surface area contributed by atoms with Crippen molar-refractivity contribution in [3.63, 3.8) is 0 Å². The summed E-state index contributed by atoms with van der Waals surface area (Å²) in [5.74, 6) is 0.219. The van der Waals surface area contributed by atoms with Gasteiger partial charge in [-0.25, -0.2) is 14.8 Å². The van der Waals surface area contributed by atoms with E-state index in [1.807, 2.05) is 13.8 Å². The Morgan fingerprint density at radius 1 is 1.30 bits per heavy atom. The number of benzene rings is 1. The van der Waals surface area contributed by atoms with E-state index >= 15 is 0 Å². The van der Waals surface area contributed by atoms with E-state index in [1.54, 1.807) is 17.8 Å². The third-order valence-electron chi connectivity index (χ3n) is 4.24. The van der Waals surface area contributed by atoms with Gasteiger partial charge in [-0.05, 0) is 32.0 Å². The molecule has 30 heavy (non-hydrogen) atoms. The number of hydrogen-bond acceptors (Lipinski definition) is 6. The number of nitrogens with zero attached hydrogens (tertiary/aromatic N) is 4. The number of nitrogens with one attached hydrogen (secondary N) is 2. The minimum absolute atomic E-state index is 0.0109. The summed E-state index contributed by atoms with van der Waals surface area (Å²) >= 11 is 0. The zero-order chi connectivity index (χ0) is 21.4. The molecule has 0 atom stereocenters. The molecule has 3 heterocycles. The Balaban J connectivity index is 1.76. The van der Waals surface area contributed by atoms with Crippen LogP contribution in [0.2, 0.25) is 0 Å². The number of ether oxygens (including phenoxy) is 2. The summed E-state index contributed by atoms with van der Waals surface area (Å²) in [6, 6.07) is 4.46. The first kappa shape index (κ1) is 19.6. The molecular weight excluding hydrogens is 398 g/mol. The number of hydrogen-bond donors (Lipinski definition) is 2. The lowest BCUT2D eigenvalue weighted by molar-refractivity contribution is -0.0497. The zero-order valence-corrected chi connectivity index (χ0v) is 16.3. The zero-order valence-electron chi connectivity index (χ0n) is 16.3. The van der Waals surface area contributed by atoms with Crippen LogP contribution in [0.25, 0.3) is 33.5 Å². The van der Waals surface area contributed by atoms with Crippen molar-refractivity contribution in [2.45, 2.75) is 26.5 Å². The Morgan fingerprint density at radius 2 is 2.10 bits per heavy atom. The van der Waals surface area contributed by atoms with Gasteiger partial charge in [0.05, 0.1) is 11.7 Å². The molecular formula is C19H18F2N6O3. The molecule has 0 saturated heterocycles. The summed E-state index contributed by atoms with van der Waals surface area (Å²) in [5.41, 5.74) is 2.28. The molecule has 0 bridgehead atoms. The SMILES string of the molecule is CC(C)NC(=O)Oc1c[nH]c2ncc(-c3nn(C)c4ccc(OC(F)F)cc34)nc12. The van der Waals surface area contributed by atoms with E-state index in [9.17, 15) is 13.6 Å². The minimum Gasteiger partial charge on any atom is -0.435 e. The molecule has 0 fully saturated rings. The maximum Gasteiger partial charge on any atom is 0.412 e. The highest BCUT2D eigenvalue weighted by Gasteiger charge is 2.18. The summed E-state index contributed by atoms with van der Waals surface area (Å²) in [6.07, 6.45) is 2.37. The van der Waals surface area contributed by atoms with Gasteiger partial charge in [0.25, 0.3) is 0 Å². The highest BCUT2D eigenvalue weighted by molar-refractivity contribution is 5.94. The molecule has 9 nitrogen and oxygen atoms in total. The van der Waals surface area contributed by atoms with Crippen molar-refractivity contribution in [2.24, 2.45) is 7.05 Å². The Labute approximate surface area is 169 Å². The van der Waals surface area contributed by atoms with Gasteiger partial charge >= 0.3 is 12.7 Å². The van der Waals surface area contributed by atoms with Crippen molar-refractivity contribution in [2.75, 3.05) is 0 Å². The molecule has 0 unspecified atom stereocenters. The number of amides is 1. The van der Waals surface area contributed by atoms with Crippen molar-refractivity contribution in [3.8, 4) is 22.9 Å². The van der Waals surface area contributed by atoms with E-state index in [0.29, 0.717) is 33.5 Å². The number of alkyl halides is 2. The molecule has 4 aromatic rings. The highest BCUT2D eigenvalue weighted by atomic mass is 19.3. The highest BCUT2D eigenvalue weighted by Crippen LogP contribution is 2.32. The van der Waals surface area contributed by atoms with Crippen LogP contribution in [0.4, 0.5) is 13.6 Å². The van der Waals surface area contributed by atoms with Gasteiger partial charge in [-0.15, -0.1) is 0 Å². The molecule has 0 aliphatic rings. The van der Waals surface area contributed by atoms with Crippen LogP contribution in [0.5, 0.6) is 11.5 Å². The number of carbonyl (C=O) groups is 1. The van der Waals surface area contributed by atoms with Crippen molar-refractivity contribution >= 4 is 28.2 Å². The number of aryl methyl sites for hydroxylation is 1. The van der Waals surface area contributed by atoms with Gasteiger partial charge in [0.2, 0.25) is 0 Å². The van der Waals surface area contributed by atoms with Crippen LogP contribution in [0.1, 0.15) is 13.8 Å². The molecule has 0 saturated carbocycles. The minimum atomic E-state index is -2.93. The Kier molecular flexibility index (Phi) is 4.94. The largest absolute Gasteiger partial charge is 0.435 e. The van der Waals surface area contributed by atoms with Crippen molar-refractivity contribution in [1.29, 1.82) is 0 Å². The lowest BCUT2D eigenvalue weighted by Gasteiger charge is -2.08. The normalized spacial score (nSPS) is 11.6. The van der Waals surface area contributed by atoms with E-state index in [-0.39, 0.29) is 17.5 Å². The number of H-pyrrole nitrogens is 1. The average Bonchev–Trinajstić information content (AvgIpc) is 3.21. The first-order valence-corrected chi connectivity index (χ1v) is 9.06. The van der Waals surface area contributed by atoms with Crippen LogP contribution >= 0.6 is 0 Å². The van der Waals surface area contributed by atoms with E-state index in [0.717, 1.165) is 0 Å². The summed E-state index contributed by atoms with van der Waals surface area (Å²) in [6.45, 7) is 0.689. The molecule has 1 amide bonds. The fourth-order valence-corrected chi connectivity index (χ4v) is 3.04. The van der Waals surface area contributed by atoms with Crippen LogP contribution in [0, 0.1) is 0 Å². The predicted octanol–water partition coefficient (Wildman–Crippen LogP) is 3.61. The summed E-state index contributed by atoms with van der Waals surface area (Å²) in [5, 5.41) is 7.64. The first-order valence-electron chi connectivity index (χ1n) is 9.06. The van der Waals surface area contributed by atoms with Crippen LogP contribution in [-0.2, 0) is 7.05 Å². The lowest BCUT2D eigenvalue weighted by atomic mass is 10.1. The van der Waals surface area contributed by atoms with Crippen LogP contribution in [0.15, 0.2) is 30.6 Å². The Hall–Kier alpha value is -3.76. The van der Waals surface area contributed by atoms with Gasteiger partial charge in [-0.3, -0.25) is 4.68 Å². The second kappa shape index (κ2) is 7.58. The average molecular weight is 416 g/mol. The molecule has 3 aromatic heterocycles. The third-order valence-corrected chi connectivity index (χ3v) is 4.24. The van der Waals surface area contributed by atoms with Crippen LogP contribution in [0.3, 0.4) is 0 Å². The molecule has 4 rings (SSSR count). The molecule has 2 N–H and O–H groups in total. The molecule has 11 heteroatoms. The monoisotopic (exact) mass is 416 g/mol. The Morgan fingerprint density at radius 3 is 2.83 bits per heavy atom. The summed E-state index contributed by atoms with van der Waals surface area (Å²) in [4.78, 5) is 23.7. The molecule has 0 radical (unpaired) electrons. The standard InChI is InChI=1S/C19H18F2N6O3/c1-9(2)24-19(28)30-14-8-23-17-16(14)25-12(7-22-17)15-11-6-10(29-18(20)21)4-5-13(11)27(3)26-15/h4-9,18H,1-3H3,(H,22,23)(H,24,28). The fraction of sp³-hybridized carbons (Fsp3) is 0.263. The quantitative estimate of drug-likeness (QED) is 0.515. The maximum atomic E-state index is 12.6. The van der Waals surface area contributed by atoms with Crippen molar-refractivity contribution in [3.05, 3.63) is 30.6 Å². The van der Waals surface area contributed by atoms with Gasteiger partial charge in [-0.2, -0.15) is 13.9 Å². The van der Waals surface area contributed by atoms with Crippen LogP contribution < -0.4 is 14.8 Å². The fourth-order valence-electron chi connectivity index (χ4n) is 3.04. The Bertz CT molecular complexity index is 1230. The predicted molar refractivity (Wildman–Crippen MR) is 105 cm³/mol. The van der Waals surface area contributed by atoms with Gasteiger partial charge < -0.3 is 19.8 Å². The van der Waals surface area contributed by atoms with Gasteiger partial charge in [0.15, 0.2) is 16.9 Å². The number of carbonyl (C=O) groups excluding carboxylic acids is 1. The lowest BCUT2D eigenvalue weighted by Crippen LogP contribution is -2.32. The summed E-state index contributed by atoms with van der Waals surface area (Å²) in [7, 11) is 1.73. The number of fused-ring (bicyclic) bond motifs is 2.